The number of rotatable bonds is 5. The summed E-state index contributed by atoms with van der Waals surface area (Å²) in [4.78, 5) is 48.3. The Bertz CT molecular complexity index is 1190. The summed E-state index contributed by atoms with van der Waals surface area (Å²) in [6.45, 7) is 6.04. The summed E-state index contributed by atoms with van der Waals surface area (Å²) in [5.41, 5.74) is 0.888. The van der Waals surface area contributed by atoms with Crippen molar-refractivity contribution in [1.29, 1.82) is 0 Å². The van der Waals surface area contributed by atoms with Gasteiger partial charge < -0.3 is 14.8 Å². The van der Waals surface area contributed by atoms with Crippen molar-refractivity contribution >= 4 is 28.9 Å². The van der Waals surface area contributed by atoms with Gasteiger partial charge in [0.25, 0.3) is 0 Å². The highest BCUT2D eigenvalue weighted by molar-refractivity contribution is 6.00. The number of carbonyl (C=O) groups excluding carboxylic acids is 3. The number of hydrogen-bond acceptors (Lipinski definition) is 6. The number of benzene rings is 1. The number of fused-ring (bicyclic) bond motifs is 1. The fourth-order valence-electron chi connectivity index (χ4n) is 3.56. The van der Waals surface area contributed by atoms with Gasteiger partial charge in [0.2, 0.25) is 11.8 Å². The molecule has 0 radical (unpaired) electrons. The Labute approximate surface area is 191 Å². The Morgan fingerprint density at radius 2 is 2.03 bits per heavy atom. The highest BCUT2D eigenvalue weighted by Crippen LogP contribution is 2.24. The number of ether oxygens (including phenoxy) is 2. The molecule has 1 aliphatic heterocycles. The number of nitrogens with zero attached hydrogens (tertiary/aromatic N) is 2. The summed E-state index contributed by atoms with van der Waals surface area (Å²) in [5.74, 6) is 5.10. The minimum Gasteiger partial charge on any atom is -0.444 e. The molecular weight excluding hydrogens is 428 g/mol. The molecule has 0 spiro atoms. The predicted molar refractivity (Wildman–Crippen MR) is 121 cm³/mol. The first-order valence-electron chi connectivity index (χ1n) is 10.7. The molecule has 2 N–H and O–H groups in total. The minimum atomic E-state index is -0.747. The number of aromatic nitrogens is 2. The number of imidazole rings is 1. The minimum absolute atomic E-state index is 0.133. The molecule has 1 saturated heterocycles. The van der Waals surface area contributed by atoms with Crippen LogP contribution in [-0.4, -0.2) is 52.4 Å². The van der Waals surface area contributed by atoms with Crippen LogP contribution in [0.1, 0.15) is 45.2 Å². The SMILES string of the molecule is Cn1c(=O)n(C2CCC(=O)NC2=O)c2cccc(C#CCOCCNC(=O)OC(C)(C)C)c21. The van der Waals surface area contributed by atoms with E-state index in [2.05, 4.69) is 22.5 Å². The van der Waals surface area contributed by atoms with Crippen molar-refractivity contribution < 1.29 is 23.9 Å². The molecular formula is C23H28N4O6. The summed E-state index contributed by atoms with van der Waals surface area (Å²) in [7, 11) is 1.62. The van der Waals surface area contributed by atoms with E-state index in [0.29, 0.717) is 16.6 Å². The maximum absolute atomic E-state index is 12.9. The third-order valence-corrected chi connectivity index (χ3v) is 4.94. The monoisotopic (exact) mass is 456 g/mol. The Morgan fingerprint density at radius 1 is 1.27 bits per heavy atom. The van der Waals surface area contributed by atoms with Gasteiger partial charge in [-0.1, -0.05) is 17.9 Å². The Balaban J connectivity index is 1.67. The van der Waals surface area contributed by atoms with Crippen LogP contribution in [-0.2, 0) is 26.1 Å². The van der Waals surface area contributed by atoms with E-state index in [4.69, 9.17) is 9.47 Å². The summed E-state index contributed by atoms with van der Waals surface area (Å²) in [6.07, 6.45) is -0.0609. The van der Waals surface area contributed by atoms with Crippen molar-refractivity contribution in [3.63, 3.8) is 0 Å². The zero-order chi connectivity index (χ0) is 24.2. The second-order valence-electron chi connectivity index (χ2n) is 8.63. The van der Waals surface area contributed by atoms with Crippen molar-refractivity contribution in [2.75, 3.05) is 19.8 Å². The van der Waals surface area contributed by atoms with Crippen LogP contribution in [0.25, 0.3) is 11.0 Å². The number of nitrogens with one attached hydrogen (secondary N) is 2. The van der Waals surface area contributed by atoms with Crippen molar-refractivity contribution in [3.05, 3.63) is 34.2 Å². The Morgan fingerprint density at radius 3 is 2.73 bits per heavy atom. The van der Waals surface area contributed by atoms with Crippen LogP contribution >= 0.6 is 0 Å². The summed E-state index contributed by atoms with van der Waals surface area (Å²) in [6, 6.07) is 4.56. The van der Waals surface area contributed by atoms with Gasteiger partial charge in [-0.15, -0.1) is 0 Å². The number of imide groups is 1. The topological polar surface area (TPSA) is 121 Å². The maximum Gasteiger partial charge on any atom is 0.407 e. The van der Waals surface area contributed by atoms with E-state index in [0.717, 1.165) is 0 Å². The van der Waals surface area contributed by atoms with Crippen LogP contribution in [0.2, 0.25) is 0 Å². The first-order chi connectivity index (χ1) is 15.6. The highest BCUT2D eigenvalue weighted by atomic mass is 16.6. The van der Waals surface area contributed by atoms with Crippen LogP contribution < -0.4 is 16.3 Å². The van der Waals surface area contributed by atoms with Crippen LogP contribution in [0.4, 0.5) is 4.79 Å². The van der Waals surface area contributed by atoms with Crippen LogP contribution in [0.15, 0.2) is 23.0 Å². The van der Waals surface area contributed by atoms with Crippen LogP contribution in [0.3, 0.4) is 0 Å². The number of amides is 3. The molecule has 0 saturated carbocycles. The molecule has 33 heavy (non-hydrogen) atoms. The van der Waals surface area contributed by atoms with E-state index in [9.17, 15) is 19.2 Å². The number of carbonyl (C=O) groups is 3. The average Bonchev–Trinajstić information content (AvgIpc) is 2.97. The molecule has 0 aliphatic carbocycles. The van der Waals surface area contributed by atoms with Crippen LogP contribution in [0, 0.1) is 11.8 Å². The molecule has 1 aliphatic rings. The van der Waals surface area contributed by atoms with Crippen molar-refractivity contribution in [2.24, 2.45) is 7.05 Å². The van der Waals surface area contributed by atoms with Gasteiger partial charge in [0.05, 0.1) is 23.2 Å². The van der Waals surface area contributed by atoms with Crippen molar-refractivity contribution in [1.82, 2.24) is 19.8 Å². The molecule has 10 nitrogen and oxygen atoms in total. The second-order valence-corrected chi connectivity index (χ2v) is 8.63. The smallest absolute Gasteiger partial charge is 0.407 e. The normalized spacial score (nSPS) is 16.2. The lowest BCUT2D eigenvalue weighted by Gasteiger charge is -2.21. The average molecular weight is 456 g/mol. The standard InChI is InChI=1S/C23H28N4O6/c1-23(2,3)33-21(30)24-12-14-32-13-6-8-15-7-5-9-16-19(15)26(4)22(31)27(16)17-10-11-18(28)25-20(17)29/h5,7,9,17H,10-14H2,1-4H3,(H,24,30)(H,25,28,29). The number of para-hydroxylation sites is 1. The van der Waals surface area contributed by atoms with E-state index >= 15 is 0 Å². The molecule has 1 aromatic heterocycles. The zero-order valence-electron chi connectivity index (χ0n) is 19.2. The number of aryl methyl sites for hydroxylation is 1. The van der Waals surface area contributed by atoms with Crippen LogP contribution in [0.5, 0.6) is 0 Å². The first kappa shape index (κ1) is 24.1. The molecule has 1 unspecified atom stereocenters. The molecule has 176 valence electrons. The first-order valence-corrected chi connectivity index (χ1v) is 10.7. The molecule has 2 aromatic rings. The molecule has 10 heteroatoms. The van der Waals surface area contributed by atoms with Gasteiger partial charge in [0, 0.05) is 20.0 Å². The van der Waals surface area contributed by atoms with Crippen molar-refractivity contribution in [3.8, 4) is 11.8 Å². The molecule has 1 aromatic carbocycles. The lowest BCUT2D eigenvalue weighted by Crippen LogP contribution is -2.44. The molecule has 3 amide bonds. The molecule has 0 bridgehead atoms. The third-order valence-electron chi connectivity index (χ3n) is 4.94. The van der Waals surface area contributed by atoms with Gasteiger partial charge in [-0.05, 0) is 39.3 Å². The van der Waals surface area contributed by atoms with Gasteiger partial charge in [-0.2, -0.15) is 0 Å². The largest absolute Gasteiger partial charge is 0.444 e. The lowest BCUT2D eigenvalue weighted by atomic mass is 10.1. The summed E-state index contributed by atoms with van der Waals surface area (Å²) >= 11 is 0. The fourth-order valence-corrected chi connectivity index (χ4v) is 3.56. The number of hydrogen-bond donors (Lipinski definition) is 2. The summed E-state index contributed by atoms with van der Waals surface area (Å²) in [5, 5.41) is 4.89. The molecule has 2 heterocycles. The second kappa shape index (κ2) is 9.92. The van der Waals surface area contributed by atoms with Crippen molar-refractivity contribution in [2.45, 2.75) is 45.3 Å². The van der Waals surface area contributed by atoms with E-state index in [1.807, 2.05) is 0 Å². The third kappa shape index (κ3) is 5.81. The van der Waals surface area contributed by atoms with E-state index < -0.39 is 23.6 Å². The quantitative estimate of drug-likeness (QED) is 0.396. The molecule has 3 rings (SSSR count). The lowest BCUT2D eigenvalue weighted by molar-refractivity contribution is -0.135. The molecule has 1 atom stereocenters. The van der Waals surface area contributed by atoms with Gasteiger partial charge in [0.15, 0.2) is 0 Å². The summed E-state index contributed by atoms with van der Waals surface area (Å²) < 4.78 is 13.4. The fraction of sp³-hybridized carbons (Fsp3) is 0.478. The van der Waals surface area contributed by atoms with Gasteiger partial charge in [0.1, 0.15) is 18.2 Å². The van der Waals surface area contributed by atoms with Gasteiger partial charge in [-0.3, -0.25) is 24.0 Å². The Kier molecular flexibility index (Phi) is 7.23. The highest BCUT2D eigenvalue weighted by Gasteiger charge is 2.31. The zero-order valence-corrected chi connectivity index (χ0v) is 19.2. The predicted octanol–water partition coefficient (Wildman–Crippen LogP) is 1.21. The Hall–Kier alpha value is -3.58. The van der Waals surface area contributed by atoms with Gasteiger partial charge >= 0.3 is 11.8 Å². The van der Waals surface area contributed by atoms with E-state index in [-0.39, 0.29) is 44.2 Å². The van der Waals surface area contributed by atoms with E-state index in [1.54, 1.807) is 46.0 Å². The maximum atomic E-state index is 12.9. The number of alkyl carbamates (subject to hydrolysis) is 1. The number of piperidine rings is 1. The van der Waals surface area contributed by atoms with Gasteiger partial charge in [-0.25, -0.2) is 9.59 Å². The molecule has 1 fully saturated rings. The van der Waals surface area contributed by atoms with E-state index in [1.165, 1.54) is 9.13 Å².